The summed E-state index contributed by atoms with van der Waals surface area (Å²) in [5.74, 6) is 0. The largest absolute Gasteiger partial charge is 0.305 e. The molecule has 0 bridgehead atoms. The average Bonchev–Trinajstić information content (AvgIpc) is 2.76. The molecule has 0 aliphatic carbocycles. The summed E-state index contributed by atoms with van der Waals surface area (Å²) in [7, 11) is 1.90. The molecule has 1 unspecified atom stereocenters. The van der Waals surface area contributed by atoms with E-state index in [9.17, 15) is 0 Å². The molecule has 2 rings (SSSR count). The van der Waals surface area contributed by atoms with Crippen molar-refractivity contribution >= 4 is 31.9 Å². The molecule has 0 radical (unpaired) electrons. The van der Waals surface area contributed by atoms with E-state index in [4.69, 9.17) is 0 Å². The Morgan fingerprint density at radius 3 is 2.78 bits per heavy atom. The molecule has 0 aliphatic rings. The third-order valence-corrected chi connectivity index (χ3v) is 3.94. The molecule has 18 heavy (non-hydrogen) atoms. The Labute approximate surface area is 123 Å². The fraction of sp³-hybridized carbons (Fsp3) is 0.333. The first-order valence-electron chi connectivity index (χ1n) is 5.66. The second-order valence-corrected chi connectivity index (χ2v) is 5.71. The molecular formula is C12H14Br2N4. The maximum absolute atomic E-state index is 4.00. The third kappa shape index (κ3) is 2.81. The summed E-state index contributed by atoms with van der Waals surface area (Å²) in [6, 6.07) is 6.22. The first kappa shape index (κ1) is 13.7. The van der Waals surface area contributed by atoms with Gasteiger partial charge in [-0.15, -0.1) is 5.10 Å². The van der Waals surface area contributed by atoms with E-state index >= 15 is 0 Å². The zero-order chi connectivity index (χ0) is 13.1. The van der Waals surface area contributed by atoms with E-state index in [1.807, 2.05) is 19.2 Å². The lowest BCUT2D eigenvalue weighted by molar-refractivity contribution is 0.566. The highest BCUT2D eigenvalue weighted by atomic mass is 79.9. The predicted molar refractivity (Wildman–Crippen MR) is 78.4 cm³/mol. The summed E-state index contributed by atoms with van der Waals surface area (Å²) in [5.41, 5.74) is 2.20. The van der Waals surface area contributed by atoms with Gasteiger partial charge in [-0.05, 0) is 30.3 Å². The molecule has 1 N–H and O–H groups in total. The quantitative estimate of drug-likeness (QED) is 0.895. The van der Waals surface area contributed by atoms with Gasteiger partial charge in [0.05, 0.1) is 17.9 Å². The zero-order valence-corrected chi connectivity index (χ0v) is 13.4. The molecule has 4 nitrogen and oxygen atoms in total. The number of halogens is 2. The molecule has 0 saturated carbocycles. The fourth-order valence-electron chi connectivity index (χ4n) is 1.87. The SMILES string of the molecule is CCNC(c1cc(Br)ccc1Br)c1cnnn1C. The standard InChI is InChI=1S/C12H14Br2N4/c1-3-15-12(11-7-16-17-18(11)2)9-6-8(13)4-5-10(9)14/h4-7,12,15H,3H2,1-2H3. The number of hydrogen-bond donors (Lipinski definition) is 1. The molecule has 1 atom stereocenters. The van der Waals surface area contributed by atoms with E-state index in [1.54, 1.807) is 10.9 Å². The van der Waals surface area contributed by atoms with Gasteiger partial charge in [0.1, 0.15) is 0 Å². The van der Waals surface area contributed by atoms with Gasteiger partial charge < -0.3 is 5.32 Å². The van der Waals surface area contributed by atoms with Crippen molar-refractivity contribution in [2.45, 2.75) is 13.0 Å². The minimum atomic E-state index is 0.0712. The third-order valence-electron chi connectivity index (χ3n) is 2.72. The Hall–Kier alpha value is -0.720. The van der Waals surface area contributed by atoms with Crippen molar-refractivity contribution in [3.63, 3.8) is 0 Å². The van der Waals surface area contributed by atoms with Crippen molar-refractivity contribution in [2.75, 3.05) is 6.54 Å². The number of aryl methyl sites for hydroxylation is 1. The van der Waals surface area contributed by atoms with Gasteiger partial charge in [0, 0.05) is 16.0 Å². The van der Waals surface area contributed by atoms with Crippen LogP contribution in [0.2, 0.25) is 0 Å². The van der Waals surface area contributed by atoms with Crippen LogP contribution in [-0.4, -0.2) is 21.5 Å². The van der Waals surface area contributed by atoms with Gasteiger partial charge in [0.15, 0.2) is 0 Å². The van der Waals surface area contributed by atoms with E-state index in [0.29, 0.717) is 0 Å². The van der Waals surface area contributed by atoms with Crippen molar-refractivity contribution in [3.05, 3.63) is 44.6 Å². The Bertz CT molecular complexity index is 539. The number of rotatable bonds is 4. The van der Waals surface area contributed by atoms with Crippen LogP contribution in [0.4, 0.5) is 0 Å². The molecule has 1 heterocycles. The van der Waals surface area contributed by atoms with Crippen molar-refractivity contribution in [1.29, 1.82) is 0 Å². The Morgan fingerprint density at radius 1 is 1.39 bits per heavy atom. The lowest BCUT2D eigenvalue weighted by Gasteiger charge is -2.19. The van der Waals surface area contributed by atoms with Crippen LogP contribution in [0.5, 0.6) is 0 Å². The monoisotopic (exact) mass is 372 g/mol. The summed E-state index contributed by atoms with van der Waals surface area (Å²) in [5, 5.41) is 11.4. The summed E-state index contributed by atoms with van der Waals surface area (Å²) in [6.07, 6.45) is 1.79. The zero-order valence-electron chi connectivity index (χ0n) is 10.2. The van der Waals surface area contributed by atoms with Gasteiger partial charge in [-0.2, -0.15) is 0 Å². The summed E-state index contributed by atoms with van der Waals surface area (Å²) in [6.45, 7) is 2.96. The second kappa shape index (κ2) is 5.95. The Balaban J connectivity index is 2.48. The minimum absolute atomic E-state index is 0.0712. The van der Waals surface area contributed by atoms with Crippen molar-refractivity contribution in [1.82, 2.24) is 20.3 Å². The highest BCUT2D eigenvalue weighted by Crippen LogP contribution is 2.30. The van der Waals surface area contributed by atoms with E-state index in [0.717, 1.165) is 26.7 Å². The molecule has 96 valence electrons. The number of hydrogen-bond acceptors (Lipinski definition) is 3. The first-order valence-corrected chi connectivity index (χ1v) is 7.25. The van der Waals surface area contributed by atoms with Crippen LogP contribution in [0.25, 0.3) is 0 Å². The lowest BCUT2D eigenvalue weighted by atomic mass is 10.0. The summed E-state index contributed by atoms with van der Waals surface area (Å²) >= 11 is 7.11. The highest BCUT2D eigenvalue weighted by Gasteiger charge is 2.19. The van der Waals surface area contributed by atoms with Crippen LogP contribution in [-0.2, 0) is 7.05 Å². The van der Waals surface area contributed by atoms with E-state index < -0.39 is 0 Å². The normalized spacial score (nSPS) is 12.7. The van der Waals surface area contributed by atoms with Gasteiger partial charge >= 0.3 is 0 Å². The van der Waals surface area contributed by atoms with Crippen molar-refractivity contribution in [2.24, 2.45) is 7.05 Å². The molecule has 6 heteroatoms. The van der Waals surface area contributed by atoms with E-state index in [2.05, 4.69) is 60.5 Å². The topological polar surface area (TPSA) is 42.7 Å². The first-order chi connectivity index (χ1) is 8.63. The maximum atomic E-state index is 4.00. The molecule has 0 fully saturated rings. The Kier molecular flexibility index (Phi) is 4.53. The molecule has 0 spiro atoms. The van der Waals surface area contributed by atoms with Crippen LogP contribution in [0.3, 0.4) is 0 Å². The summed E-state index contributed by atoms with van der Waals surface area (Å²) < 4.78 is 3.91. The van der Waals surface area contributed by atoms with Crippen LogP contribution in [0.1, 0.15) is 24.2 Å². The van der Waals surface area contributed by atoms with Crippen molar-refractivity contribution in [3.8, 4) is 0 Å². The van der Waals surface area contributed by atoms with Gasteiger partial charge in [-0.3, -0.25) is 4.68 Å². The number of aromatic nitrogens is 3. The number of nitrogens with zero attached hydrogens (tertiary/aromatic N) is 3. The molecule has 0 aliphatic heterocycles. The van der Waals surface area contributed by atoms with Gasteiger partial charge in [-0.1, -0.05) is 44.0 Å². The van der Waals surface area contributed by atoms with E-state index in [-0.39, 0.29) is 6.04 Å². The van der Waals surface area contributed by atoms with Crippen LogP contribution in [0, 0.1) is 0 Å². The molecule has 0 amide bonds. The van der Waals surface area contributed by atoms with Crippen LogP contribution >= 0.6 is 31.9 Å². The number of benzene rings is 1. The molecule has 1 aromatic carbocycles. The van der Waals surface area contributed by atoms with Crippen LogP contribution < -0.4 is 5.32 Å². The predicted octanol–water partition coefficient (Wildman–Crippen LogP) is 3.04. The fourth-order valence-corrected chi connectivity index (χ4v) is 2.73. The van der Waals surface area contributed by atoms with Gasteiger partial charge in [0.2, 0.25) is 0 Å². The second-order valence-electron chi connectivity index (χ2n) is 3.94. The van der Waals surface area contributed by atoms with Gasteiger partial charge in [-0.25, -0.2) is 0 Å². The average molecular weight is 374 g/mol. The Morgan fingerprint density at radius 2 is 2.17 bits per heavy atom. The van der Waals surface area contributed by atoms with E-state index in [1.165, 1.54) is 0 Å². The summed E-state index contributed by atoms with van der Waals surface area (Å²) in [4.78, 5) is 0. The molecule has 1 aromatic heterocycles. The lowest BCUT2D eigenvalue weighted by Crippen LogP contribution is -2.24. The highest BCUT2D eigenvalue weighted by molar-refractivity contribution is 9.11. The van der Waals surface area contributed by atoms with Crippen molar-refractivity contribution < 1.29 is 0 Å². The molecule has 0 saturated heterocycles. The van der Waals surface area contributed by atoms with Crippen LogP contribution in [0.15, 0.2) is 33.3 Å². The maximum Gasteiger partial charge on any atom is 0.0799 e. The number of nitrogens with one attached hydrogen (secondary N) is 1. The molecular weight excluding hydrogens is 360 g/mol. The smallest absolute Gasteiger partial charge is 0.0799 e. The molecule has 2 aromatic rings. The van der Waals surface area contributed by atoms with Gasteiger partial charge in [0.25, 0.3) is 0 Å². The minimum Gasteiger partial charge on any atom is -0.305 e.